The number of rotatable bonds is 2. The van der Waals surface area contributed by atoms with Crippen LogP contribution < -0.4 is 10.2 Å². The van der Waals surface area contributed by atoms with E-state index in [9.17, 15) is 0 Å². The number of hydrogen-bond donors (Lipinski definition) is 2. The Hall–Kier alpha value is -0.670. The lowest BCUT2D eigenvalue weighted by Crippen LogP contribution is -2.54. The number of aromatic nitrogens is 3. The summed E-state index contributed by atoms with van der Waals surface area (Å²) in [6, 6.07) is 7.05. The Labute approximate surface area is 146 Å². The average Bonchev–Trinajstić information content (AvgIpc) is 2.90. The Morgan fingerprint density at radius 1 is 1.29 bits per heavy atom. The number of H-pyrrole nitrogens is 1. The quantitative estimate of drug-likeness (QED) is 0.675. The molecule has 1 aromatic carbocycles. The second-order valence-electron chi connectivity index (χ2n) is 5.48. The fraction of sp³-hybridized carbons (Fsp3) is 0.429. The lowest BCUT2D eigenvalue weighted by atomic mass is 10.1. The summed E-state index contributed by atoms with van der Waals surface area (Å²) in [6.45, 7) is 6.23. The third-order valence-corrected chi connectivity index (χ3v) is 4.93. The van der Waals surface area contributed by atoms with Crippen molar-refractivity contribution in [2.45, 2.75) is 25.9 Å². The monoisotopic (exact) mass is 461 g/mol. The van der Waals surface area contributed by atoms with E-state index in [4.69, 9.17) is 0 Å². The molecule has 112 valence electrons. The normalized spacial score (nSPS) is 22.6. The number of aromatic amines is 1. The van der Waals surface area contributed by atoms with E-state index < -0.39 is 0 Å². The van der Waals surface area contributed by atoms with Crippen LogP contribution >= 0.6 is 38.5 Å². The van der Waals surface area contributed by atoms with Gasteiger partial charge in [0.05, 0.1) is 0 Å². The van der Waals surface area contributed by atoms with Gasteiger partial charge in [-0.25, -0.2) is 0 Å². The molecule has 1 aliphatic rings. The number of piperazine rings is 1. The van der Waals surface area contributed by atoms with Crippen molar-refractivity contribution < 1.29 is 0 Å². The smallest absolute Gasteiger partial charge is 0.245 e. The molecular formula is C14H17BrIN5. The van der Waals surface area contributed by atoms with Crippen LogP contribution in [-0.4, -0.2) is 40.4 Å². The molecule has 0 aliphatic carbocycles. The van der Waals surface area contributed by atoms with E-state index in [1.165, 1.54) is 0 Å². The topological polar surface area (TPSA) is 56.8 Å². The predicted molar refractivity (Wildman–Crippen MR) is 96.5 cm³/mol. The van der Waals surface area contributed by atoms with Gasteiger partial charge < -0.3 is 10.2 Å². The third-order valence-electron chi connectivity index (χ3n) is 3.50. The van der Waals surface area contributed by atoms with Crippen molar-refractivity contribution in [1.29, 1.82) is 0 Å². The first-order valence-corrected chi connectivity index (χ1v) is 8.79. The van der Waals surface area contributed by atoms with Gasteiger partial charge in [-0.05, 0) is 54.6 Å². The summed E-state index contributed by atoms with van der Waals surface area (Å²) < 4.78 is 2.20. The SMILES string of the molecule is CC1CN(c2n[nH]c(-c3cc(Br)ccc3I)n2)CC(C)N1. The molecule has 2 heterocycles. The molecule has 1 saturated heterocycles. The summed E-state index contributed by atoms with van der Waals surface area (Å²) in [7, 11) is 0. The van der Waals surface area contributed by atoms with Crippen LogP contribution in [0, 0.1) is 3.57 Å². The highest BCUT2D eigenvalue weighted by Crippen LogP contribution is 2.27. The summed E-state index contributed by atoms with van der Waals surface area (Å²) in [4.78, 5) is 6.91. The zero-order valence-electron chi connectivity index (χ0n) is 11.9. The summed E-state index contributed by atoms with van der Waals surface area (Å²) in [5, 5.41) is 11.0. The molecule has 1 fully saturated rings. The van der Waals surface area contributed by atoms with Crippen molar-refractivity contribution in [3.63, 3.8) is 0 Å². The van der Waals surface area contributed by atoms with Crippen molar-refractivity contribution in [3.8, 4) is 11.4 Å². The molecule has 1 aliphatic heterocycles. The second-order valence-corrected chi connectivity index (χ2v) is 7.56. The molecule has 2 unspecified atom stereocenters. The first kappa shape index (κ1) is 15.2. The van der Waals surface area contributed by atoms with Gasteiger partial charge in [0.2, 0.25) is 5.95 Å². The zero-order chi connectivity index (χ0) is 15.0. The van der Waals surface area contributed by atoms with Crippen molar-refractivity contribution in [1.82, 2.24) is 20.5 Å². The molecule has 0 amide bonds. The van der Waals surface area contributed by atoms with Crippen molar-refractivity contribution in [3.05, 3.63) is 26.2 Å². The van der Waals surface area contributed by atoms with Gasteiger partial charge >= 0.3 is 0 Å². The molecule has 0 bridgehead atoms. The third kappa shape index (κ3) is 3.40. The maximum atomic E-state index is 4.68. The van der Waals surface area contributed by atoms with Crippen LogP contribution in [0.2, 0.25) is 0 Å². The number of nitrogens with one attached hydrogen (secondary N) is 2. The minimum atomic E-state index is 0.446. The van der Waals surface area contributed by atoms with Gasteiger partial charge in [0.1, 0.15) is 0 Å². The standard InChI is InChI=1S/C14H17BrIN5/c1-8-6-21(7-9(2)17-8)14-18-13(19-20-14)11-5-10(15)3-4-12(11)16/h3-5,8-9,17H,6-7H2,1-2H3,(H,18,19,20). The van der Waals surface area contributed by atoms with Gasteiger partial charge in [0, 0.05) is 38.8 Å². The number of benzene rings is 1. The van der Waals surface area contributed by atoms with Crippen LogP contribution in [-0.2, 0) is 0 Å². The van der Waals surface area contributed by atoms with Gasteiger partial charge in [-0.3, -0.25) is 5.10 Å². The number of nitrogens with zero attached hydrogens (tertiary/aromatic N) is 3. The fourth-order valence-corrected chi connectivity index (χ4v) is 3.64. The van der Waals surface area contributed by atoms with E-state index in [2.05, 4.69) is 89.9 Å². The lowest BCUT2D eigenvalue weighted by molar-refractivity contribution is 0.403. The summed E-state index contributed by atoms with van der Waals surface area (Å²) >= 11 is 5.83. The Morgan fingerprint density at radius 3 is 2.71 bits per heavy atom. The van der Waals surface area contributed by atoms with Gasteiger partial charge in [-0.1, -0.05) is 15.9 Å². The van der Waals surface area contributed by atoms with E-state index >= 15 is 0 Å². The van der Waals surface area contributed by atoms with Gasteiger partial charge in [-0.2, -0.15) is 4.98 Å². The number of hydrogen-bond acceptors (Lipinski definition) is 4. The van der Waals surface area contributed by atoms with Crippen LogP contribution in [0.4, 0.5) is 5.95 Å². The van der Waals surface area contributed by atoms with Crippen LogP contribution in [0.5, 0.6) is 0 Å². The highest BCUT2D eigenvalue weighted by atomic mass is 127. The maximum Gasteiger partial charge on any atom is 0.245 e. The molecule has 2 N–H and O–H groups in total. The van der Waals surface area contributed by atoms with Crippen LogP contribution in [0.15, 0.2) is 22.7 Å². The van der Waals surface area contributed by atoms with E-state index in [0.29, 0.717) is 12.1 Å². The van der Waals surface area contributed by atoms with E-state index in [1.54, 1.807) is 0 Å². The maximum absolute atomic E-state index is 4.68. The Bertz CT molecular complexity index is 634. The minimum absolute atomic E-state index is 0.446. The average molecular weight is 462 g/mol. The molecule has 0 radical (unpaired) electrons. The highest BCUT2D eigenvalue weighted by Gasteiger charge is 2.24. The predicted octanol–water partition coefficient (Wildman–Crippen LogP) is 3.03. The minimum Gasteiger partial charge on any atom is -0.336 e. The Kier molecular flexibility index (Phi) is 4.51. The molecule has 0 saturated carbocycles. The van der Waals surface area contributed by atoms with Gasteiger partial charge in [0.25, 0.3) is 0 Å². The summed E-state index contributed by atoms with van der Waals surface area (Å²) in [5.74, 6) is 1.59. The molecule has 21 heavy (non-hydrogen) atoms. The van der Waals surface area contributed by atoms with E-state index in [1.807, 2.05) is 6.07 Å². The molecule has 2 aromatic rings. The molecule has 1 aromatic heterocycles. The molecule has 0 spiro atoms. The number of anilines is 1. The molecular weight excluding hydrogens is 445 g/mol. The van der Waals surface area contributed by atoms with Crippen molar-refractivity contribution in [2.24, 2.45) is 0 Å². The molecule has 7 heteroatoms. The second kappa shape index (κ2) is 6.21. The molecule has 5 nitrogen and oxygen atoms in total. The molecule has 2 atom stereocenters. The Balaban J connectivity index is 1.88. The lowest BCUT2D eigenvalue weighted by Gasteiger charge is -2.35. The van der Waals surface area contributed by atoms with E-state index in [0.717, 1.165) is 38.5 Å². The first-order valence-electron chi connectivity index (χ1n) is 6.92. The largest absolute Gasteiger partial charge is 0.336 e. The van der Waals surface area contributed by atoms with Crippen molar-refractivity contribution >= 4 is 44.5 Å². The van der Waals surface area contributed by atoms with Crippen molar-refractivity contribution in [2.75, 3.05) is 18.0 Å². The van der Waals surface area contributed by atoms with Crippen LogP contribution in [0.1, 0.15) is 13.8 Å². The highest BCUT2D eigenvalue weighted by molar-refractivity contribution is 14.1. The fourth-order valence-electron chi connectivity index (χ4n) is 2.68. The molecule has 3 rings (SSSR count). The van der Waals surface area contributed by atoms with E-state index in [-0.39, 0.29) is 0 Å². The summed E-state index contributed by atoms with van der Waals surface area (Å²) in [5.41, 5.74) is 1.07. The van der Waals surface area contributed by atoms with Crippen LogP contribution in [0.25, 0.3) is 11.4 Å². The summed E-state index contributed by atoms with van der Waals surface area (Å²) in [6.07, 6.45) is 0. The van der Waals surface area contributed by atoms with Gasteiger partial charge in [-0.15, -0.1) is 5.10 Å². The van der Waals surface area contributed by atoms with Crippen LogP contribution in [0.3, 0.4) is 0 Å². The number of halogens is 2. The van der Waals surface area contributed by atoms with Gasteiger partial charge in [0.15, 0.2) is 5.82 Å². The first-order chi connectivity index (χ1) is 10.0. The Morgan fingerprint density at radius 2 is 2.00 bits per heavy atom. The zero-order valence-corrected chi connectivity index (χ0v) is 15.6.